The standard InChI is InChI=1S/C25H21ClN2O3/c1-2-15-31-21-10-6-7-19(16-21)27-23-22(17-11-13-18(26)14-12-17)24(29)28(25(23)30)20-8-4-3-5-9-20/h3-14,16,27H,2,15H2,1H3. The minimum atomic E-state index is -0.416. The summed E-state index contributed by atoms with van der Waals surface area (Å²) < 4.78 is 5.69. The monoisotopic (exact) mass is 432 g/mol. The van der Waals surface area contributed by atoms with Crippen molar-refractivity contribution in [1.82, 2.24) is 0 Å². The number of nitrogens with one attached hydrogen (secondary N) is 1. The lowest BCUT2D eigenvalue weighted by Gasteiger charge is -2.15. The van der Waals surface area contributed by atoms with Gasteiger partial charge in [-0.3, -0.25) is 9.59 Å². The van der Waals surface area contributed by atoms with Crippen molar-refractivity contribution in [2.24, 2.45) is 0 Å². The van der Waals surface area contributed by atoms with Crippen molar-refractivity contribution in [2.75, 3.05) is 16.8 Å². The maximum Gasteiger partial charge on any atom is 0.282 e. The van der Waals surface area contributed by atoms with Gasteiger partial charge in [0.15, 0.2) is 0 Å². The van der Waals surface area contributed by atoms with Crippen LogP contribution in [0.15, 0.2) is 84.6 Å². The van der Waals surface area contributed by atoms with Gasteiger partial charge < -0.3 is 10.1 Å². The van der Waals surface area contributed by atoms with Crippen molar-refractivity contribution < 1.29 is 14.3 Å². The van der Waals surface area contributed by atoms with E-state index in [1.165, 1.54) is 4.90 Å². The lowest BCUT2D eigenvalue weighted by molar-refractivity contribution is -0.120. The summed E-state index contributed by atoms with van der Waals surface area (Å²) in [6.45, 7) is 2.63. The highest BCUT2D eigenvalue weighted by molar-refractivity contribution is 6.46. The van der Waals surface area contributed by atoms with Gasteiger partial charge in [0.25, 0.3) is 11.8 Å². The topological polar surface area (TPSA) is 58.6 Å². The van der Waals surface area contributed by atoms with Crippen LogP contribution in [0.4, 0.5) is 11.4 Å². The fraction of sp³-hybridized carbons (Fsp3) is 0.120. The van der Waals surface area contributed by atoms with Crippen molar-refractivity contribution in [3.05, 3.63) is 95.1 Å². The molecule has 0 aliphatic carbocycles. The fourth-order valence-corrected chi connectivity index (χ4v) is 3.50. The zero-order chi connectivity index (χ0) is 21.8. The molecule has 2 amide bonds. The zero-order valence-corrected chi connectivity index (χ0v) is 17.7. The van der Waals surface area contributed by atoms with Crippen LogP contribution in [-0.2, 0) is 9.59 Å². The van der Waals surface area contributed by atoms with Gasteiger partial charge in [-0.25, -0.2) is 4.90 Å². The summed E-state index contributed by atoms with van der Waals surface area (Å²) in [5.41, 5.74) is 2.29. The lowest BCUT2D eigenvalue weighted by Crippen LogP contribution is -2.32. The Bertz CT molecular complexity index is 1140. The Balaban J connectivity index is 1.75. The number of hydrogen-bond acceptors (Lipinski definition) is 4. The van der Waals surface area contributed by atoms with Crippen LogP contribution in [0.25, 0.3) is 5.57 Å². The number of hydrogen-bond donors (Lipinski definition) is 1. The molecule has 4 rings (SSSR count). The average Bonchev–Trinajstić information content (AvgIpc) is 3.03. The van der Waals surface area contributed by atoms with Crippen molar-refractivity contribution >= 4 is 40.4 Å². The average molecular weight is 433 g/mol. The summed E-state index contributed by atoms with van der Waals surface area (Å²) in [6, 6.07) is 23.1. The van der Waals surface area contributed by atoms with E-state index in [4.69, 9.17) is 16.3 Å². The minimum Gasteiger partial charge on any atom is -0.494 e. The number of carbonyl (C=O) groups excluding carboxylic acids is 2. The number of rotatable bonds is 7. The van der Waals surface area contributed by atoms with Crippen molar-refractivity contribution in [2.45, 2.75) is 13.3 Å². The molecule has 156 valence electrons. The Hall–Kier alpha value is -3.57. The SMILES string of the molecule is CCCOc1cccc(NC2=C(c3ccc(Cl)cc3)C(=O)N(c3ccccc3)C2=O)c1. The summed E-state index contributed by atoms with van der Waals surface area (Å²) >= 11 is 6.03. The number of imide groups is 1. The molecule has 0 atom stereocenters. The molecule has 0 bridgehead atoms. The molecular formula is C25H21ClN2O3. The van der Waals surface area contributed by atoms with Crippen LogP contribution < -0.4 is 15.0 Å². The van der Waals surface area contributed by atoms with Crippen LogP contribution in [0.1, 0.15) is 18.9 Å². The third kappa shape index (κ3) is 4.32. The second kappa shape index (κ2) is 9.06. The van der Waals surface area contributed by atoms with Gasteiger partial charge in [0.1, 0.15) is 11.4 Å². The Morgan fingerprint density at radius 1 is 0.903 bits per heavy atom. The summed E-state index contributed by atoms with van der Waals surface area (Å²) in [7, 11) is 0. The van der Waals surface area contributed by atoms with Crippen LogP contribution in [0.3, 0.4) is 0 Å². The number of ether oxygens (including phenoxy) is 1. The Morgan fingerprint density at radius 3 is 2.35 bits per heavy atom. The molecule has 1 N–H and O–H groups in total. The molecule has 1 aliphatic rings. The highest BCUT2D eigenvalue weighted by Gasteiger charge is 2.40. The number of carbonyl (C=O) groups is 2. The lowest BCUT2D eigenvalue weighted by atomic mass is 10.0. The molecule has 0 saturated carbocycles. The minimum absolute atomic E-state index is 0.212. The summed E-state index contributed by atoms with van der Waals surface area (Å²) in [5.74, 6) is -0.113. The van der Waals surface area contributed by atoms with Gasteiger partial charge in [-0.1, -0.05) is 54.9 Å². The van der Waals surface area contributed by atoms with Crippen LogP contribution >= 0.6 is 11.6 Å². The fourth-order valence-electron chi connectivity index (χ4n) is 3.37. The number of nitrogens with zero attached hydrogens (tertiary/aromatic N) is 1. The zero-order valence-electron chi connectivity index (χ0n) is 17.0. The molecule has 3 aromatic carbocycles. The van der Waals surface area contributed by atoms with Crippen LogP contribution in [0.5, 0.6) is 5.75 Å². The van der Waals surface area contributed by atoms with Crippen LogP contribution in [0, 0.1) is 0 Å². The van der Waals surface area contributed by atoms with Gasteiger partial charge in [-0.15, -0.1) is 0 Å². The molecule has 5 nitrogen and oxygen atoms in total. The second-order valence-electron chi connectivity index (χ2n) is 7.04. The summed E-state index contributed by atoms with van der Waals surface area (Å²) in [5, 5.41) is 3.71. The molecule has 0 spiro atoms. The molecule has 0 aromatic heterocycles. The van der Waals surface area contributed by atoms with Crippen LogP contribution in [0.2, 0.25) is 5.02 Å². The van der Waals surface area contributed by atoms with Crippen molar-refractivity contribution in [3.8, 4) is 5.75 Å². The molecule has 1 heterocycles. The van der Waals surface area contributed by atoms with E-state index < -0.39 is 5.91 Å². The van der Waals surface area contributed by atoms with Crippen molar-refractivity contribution in [1.29, 1.82) is 0 Å². The van der Waals surface area contributed by atoms with E-state index in [0.29, 0.717) is 39.9 Å². The van der Waals surface area contributed by atoms with E-state index in [-0.39, 0.29) is 11.6 Å². The van der Waals surface area contributed by atoms with Gasteiger partial charge in [-0.2, -0.15) is 0 Å². The summed E-state index contributed by atoms with van der Waals surface area (Å²) in [6.07, 6.45) is 0.891. The van der Waals surface area contributed by atoms with Crippen LogP contribution in [-0.4, -0.2) is 18.4 Å². The molecule has 31 heavy (non-hydrogen) atoms. The quantitative estimate of drug-likeness (QED) is 0.499. The summed E-state index contributed by atoms with van der Waals surface area (Å²) in [4.78, 5) is 27.9. The molecule has 0 radical (unpaired) electrons. The van der Waals surface area contributed by atoms with Gasteiger partial charge in [-0.05, 0) is 48.4 Å². The Kier molecular flexibility index (Phi) is 6.05. The Labute approximate surface area is 185 Å². The molecule has 3 aromatic rings. The first-order valence-electron chi connectivity index (χ1n) is 10.0. The first-order chi connectivity index (χ1) is 15.1. The third-order valence-electron chi connectivity index (χ3n) is 4.81. The highest BCUT2D eigenvalue weighted by Crippen LogP contribution is 2.34. The number of anilines is 2. The van der Waals surface area contributed by atoms with Gasteiger partial charge in [0, 0.05) is 16.8 Å². The molecule has 6 heteroatoms. The number of halogens is 1. The van der Waals surface area contributed by atoms with Gasteiger partial charge in [0.2, 0.25) is 0 Å². The molecule has 0 saturated heterocycles. The number of benzene rings is 3. The van der Waals surface area contributed by atoms with Crippen molar-refractivity contribution in [3.63, 3.8) is 0 Å². The maximum absolute atomic E-state index is 13.4. The van der Waals surface area contributed by atoms with Gasteiger partial charge in [0.05, 0.1) is 17.9 Å². The molecule has 0 unspecified atom stereocenters. The van der Waals surface area contributed by atoms with E-state index in [0.717, 1.165) is 6.42 Å². The van der Waals surface area contributed by atoms with E-state index in [2.05, 4.69) is 5.32 Å². The predicted molar refractivity (Wildman–Crippen MR) is 123 cm³/mol. The maximum atomic E-state index is 13.4. The van der Waals surface area contributed by atoms with E-state index >= 15 is 0 Å². The largest absolute Gasteiger partial charge is 0.494 e. The predicted octanol–water partition coefficient (Wildman–Crippen LogP) is 5.53. The third-order valence-corrected chi connectivity index (χ3v) is 5.06. The highest BCUT2D eigenvalue weighted by atomic mass is 35.5. The van der Waals surface area contributed by atoms with E-state index in [1.54, 1.807) is 48.5 Å². The molecule has 0 fully saturated rings. The number of amides is 2. The molecule has 1 aliphatic heterocycles. The molecular weight excluding hydrogens is 412 g/mol. The first kappa shape index (κ1) is 20.7. The number of para-hydroxylation sites is 1. The second-order valence-corrected chi connectivity index (χ2v) is 7.48. The normalized spacial score (nSPS) is 13.7. The van der Waals surface area contributed by atoms with Gasteiger partial charge >= 0.3 is 0 Å². The smallest absolute Gasteiger partial charge is 0.282 e. The van der Waals surface area contributed by atoms with E-state index in [1.807, 2.05) is 37.3 Å². The first-order valence-corrected chi connectivity index (χ1v) is 10.4. The van der Waals surface area contributed by atoms with E-state index in [9.17, 15) is 9.59 Å². The Morgan fingerprint density at radius 2 is 1.65 bits per heavy atom.